The molecule has 0 atom stereocenters. The zero-order valence-electron chi connectivity index (χ0n) is 14.9. The molecule has 2 aromatic rings. The van der Waals surface area contributed by atoms with Gasteiger partial charge in [-0.15, -0.1) is 0 Å². The lowest BCUT2D eigenvalue weighted by Crippen LogP contribution is -2.31. The van der Waals surface area contributed by atoms with E-state index in [1.54, 1.807) is 0 Å². The lowest BCUT2D eigenvalue weighted by Gasteiger charge is -2.30. The Morgan fingerprint density at radius 3 is 1.68 bits per heavy atom. The quantitative estimate of drug-likeness (QED) is 0.636. The average Bonchev–Trinajstić information content (AvgIpc) is 2.60. The minimum atomic E-state index is -2.68. The molecule has 5 heteroatoms. The van der Waals surface area contributed by atoms with Crippen LogP contribution in [0.1, 0.15) is 43.2 Å². The highest BCUT2D eigenvalue weighted by molar-refractivity contribution is 8.09. The molecule has 3 rings (SSSR count). The van der Waals surface area contributed by atoms with Gasteiger partial charge in [-0.3, -0.25) is 0 Å². The Balaban J connectivity index is 1.79. The number of hydrogen-bond donors (Lipinski definition) is 1. The fourth-order valence-electron chi connectivity index (χ4n) is 3.00. The highest BCUT2D eigenvalue weighted by Gasteiger charge is 2.28. The summed E-state index contributed by atoms with van der Waals surface area (Å²) >= 11 is 5.87. The first kappa shape index (κ1) is 18.4. The van der Waals surface area contributed by atoms with E-state index >= 15 is 0 Å². The first-order valence-corrected chi connectivity index (χ1v) is 11.6. The molecule has 0 radical (unpaired) electrons. The summed E-state index contributed by atoms with van der Waals surface area (Å²) in [5.41, 5.74) is 2.39. The monoisotopic (exact) mass is 375 g/mol. The van der Waals surface area contributed by atoms with Crippen molar-refractivity contribution >= 4 is 18.4 Å². The summed E-state index contributed by atoms with van der Waals surface area (Å²) in [6, 6.07) is 16.3. The fourth-order valence-corrected chi connectivity index (χ4v) is 5.61. The maximum Gasteiger partial charge on any atom is 0.365 e. The summed E-state index contributed by atoms with van der Waals surface area (Å²) in [7, 11) is 0. The van der Waals surface area contributed by atoms with Gasteiger partial charge in [0.1, 0.15) is 11.5 Å². The largest absolute Gasteiger partial charge is 0.425 e. The molecule has 1 N–H and O–H groups in total. The molecule has 0 amide bonds. The van der Waals surface area contributed by atoms with Gasteiger partial charge in [0.05, 0.1) is 0 Å². The molecule has 3 nitrogen and oxygen atoms in total. The Hall–Kier alpha value is -1.35. The third-order valence-corrected chi connectivity index (χ3v) is 6.79. The first-order valence-electron chi connectivity index (χ1n) is 8.93. The van der Waals surface area contributed by atoms with E-state index < -0.39 is 6.64 Å². The van der Waals surface area contributed by atoms with Crippen molar-refractivity contribution in [3.63, 3.8) is 0 Å². The van der Waals surface area contributed by atoms with Crippen LogP contribution in [0.15, 0.2) is 48.5 Å². The van der Waals surface area contributed by atoms with Crippen LogP contribution >= 0.6 is 6.64 Å². The Kier molecular flexibility index (Phi) is 6.16. The molecule has 2 aromatic carbocycles. The van der Waals surface area contributed by atoms with Gasteiger partial charge in [0.2, 0.25) is 0 Å². The van der Waals surface area contributed by atoms with E-state index in [2.05, 4.69) is 18.9 Å². The standard InChI is InChI=1S/C20H26NO2PS/c1-16-8-12-19(13-9-16)22-24(25,21-18-6-4-3-5-7-18)23-20-14-10-17(2)11-15-20/h8-15,18H,3-7H2,1-2H3,(H,21,25). The van der Waals surface area contributed by atoms with Gasteiger partial charge in [0, 0.05) is 17.8 Å². The molecule has 1 aliphatic rings. The molecule has 25 heavy (non-hydrogen) atoms. The molecule has 1 saturated carbocycles. The van der Waals surface area contributed by atoms with Gasteiger partial charge in [0.15, 0.2) is 0 Å². The molecule has 0 spiro atoms. The third-order valence-electron chi connectivity index (χ3n) is 4.44. The van der Waals surface area contributed by atoms with Crippen LogP contribution < -0.4 is 14.1 Å². The van der Waals surface area contributed by atoms with Gasteiger partial charge in [0.25, 0.3) is 0 Å². The van der Waals surface area contributed by atoms with Crippen molar-refractivity contribution in [2.24, 2.45) is 0 Å². The van der Waals surface area contributed by atoms with Crippen LogP contribution in [-0.2, 0) is 11.8 Å². The van der Waals surface area contributed by atoms with Gasteiger partial charge in [-0.1, -0.05) is 54.7 Å². The zero-order chi connectivity index (χ0) is 17.7. The predicted octanol–water partition coefficient (Wildman–Crippen LogP) is 5.91. The molecular formula is C20H26NO2PS. The normalized spacial score (nSPS) is 15.8. The second kappa shape index (κ2) is 8.35. The molecule has 0 aliphatic heterocycles. The van der Waals surface area contributed by atoms with Gasteiger partial charge in [-0.25, -0.2) is 5.09 Å². The Bertz CT molecular complexity index is 673. The number of benzene rings is 2. The topological polar surface area (TPSA) is 30.5 Å². The van der Waals surface area contributed by atoms with E-state index in [1.165, 1.54) is 30.4 Å². The SMILES string of the molecule is Cc1ccc(OP(=S)(NC2CCCCC2)Oc2ccc(C)cc2)cc1. The second-order valence-electron chi connectivity index (χ2n) is 6.77. The zero-order valence-corrected chi connectivity index (χ0v) is 16.6. The minimum Gasteiger partial charge on any atom is -0.425 e. The Morgan fingerprint density at radius 1 is 0.800 bits per heavy atom. The van der Waals surface area contributed by atoms with E-state index in [9.17, 15) is 0 Å². The average molecular weight is 375 g/mol. The van der Waals surface area contributed by atoms with Crippen LogP contribution in [0.2, 0.25) is 0 Å². The van der Waals surface area contributed by atoms with Crippen LogP contribution in [0.4, 0.5) is 0 Å². The van der Waals surface area contributed by atoms with Crippen LogP contribution in [0.25, 0.3) is 0 Å². The number of rotatable bonds is 6. The van der Waals surface area contributed by atoms with E-state index in [0.717, 1.165) is 24.3 Å². The minimum absolute atomic E-state index is 0.371. The fraction of sp³-hybridized carbons (Fsp3) is 0.400. The summed E-state index contributed by atoms with van der Waals surface area (Å²) in [6.07, 6.45) is 6.04. The van der Waals surface area contributed by atoms with E-state index in [-0.39, 0.29) is 0 Å². The summed E-state index contributed by atoms with van der Waals surface area (Å²) in [6.45, 7) is 1.44. The predicted molar refractivity (Wildman–Crippen MR) is 108 cm³/mol. The highest BCUT2D eigenvalue weighted by Crippen LogP contribution is 2.46. The Morgan fingerprint density at radius 2 is 1.24 bits per heavy atom. The van der Waals surface area contributed by atoms with E-state index in [1.807, 2.05) is 48.5 Å². The van der Waals surface area contributed by atoms with E-state index in [4.69, 9.17) is 20.9 Å². The Labute approximate surface area is 156 Å². The van der Waals surface area contributed by atoms with Crippen molar-refractivity contribution < 1.29 is 9.05 Å². The van der Waals surface area contributed by atoms with Crippen molar-refractivity contribution in [1.29, 1.82) is 0 Å². The molecule has 0 unspecified atom stereocenters. The lowest BCUT2D eigenvalue weighted by atomic mass is 9.96. The summed E-state index contributed by atoms with van der Waals surface area (Å²) in [5, 5.41) is 3.54. The molecule has 134 valence electrons. The van der Waals surface area contributed by atoms with Gasteiger partial charge in [-0.2, -0.15) is 0 Å². The van der Waals surface area contributed by atoms with Gasteiger partial charge >= 0.3 is 6.64 Å². The van der Waals surface area contributed by atoms with Gasteiger partial charge in [-0.05, 0) is 51.0 Å². The molecule has 0 heterocycles. The van der Waals surface area contributed by atoms with Gasteiger partial charge < -0.3 is 9.05 Å². The van der Waals surface area contributed by atoms with E-state index in [0.29, 0.717) is 6.04 Å². The van der Waals surface area contributed by atoms with Crippen LogP contribution in [0.3, 0.4) is 0 Å². The summed E-state index contributed by atoms with van der Waals surface area (Å²) < 4.78 is 12.4. The van der Waals surface area contributed by atoms with Crippen molar-refractivity contribution in [3.8, 4) is 11.5 Å². The van der Waals surface area contributed by atoms with Crippen LogP contribution in [0, 0.1) is 13.8 Å². The number of nitrogens with one attached hydrogen (secondary N) is 1. The molecule has 1 fully saturated rings. The molecule has 1 aliphatic carbocycles. The molecule has 0 bridgehead atoms. The smallest absolute Gasteiger partial charge is 0.365 e. The first-order chi connectivity index (χ1) is 12.0. The lowest BCUT2D eigenvalue weighted by molar-refractivity contribution is 0.388. The second-order valence-corrected chi connectivity index (χ2v) is 9.83. The summed E-state index contributed by atoms with van der Waals surface area (Å²) in [4.78, 5) is 0. The third kappa shape index (κ3) is 5.57. The van der Waals surface area contributed by atoms with Crippen molar-refractivity contribution in [1.82, 2.24) is 5.09 Å². The van der Waals surface area contributed by atoms with Crippen molar-refractivity contribution in [2.75, 3.05) is 0 Å². The number of aryl methyl sites for hydroxylation is 2. The molecule has 0 aromatic heterocycles. The van der Waals surface area contributed by atoms with Crippen LogP contribution in [-0.4, -0.2) is 6.04 Å². The van der Waals surface area contributed by atoms with Crippen molar-refractivity contribution in [2.45, 2.75) is 52.0 Å². The van der Waals surface area contributed by atoms with Crippen LogP contribution in [0.5, 0.6) is 11.5 Å². The summed E-state index contributed by atoms with van der Waals surface area (Å²) in [5.74, 6) is 1.51. The maximum absolute atomic E-state index is 6.19. The van der Waals surface area contributed by atoms with Crippen molar-refractivity contribution in [3.05, 3.63) is 59.7 Å². The molecule has 0 saturated heterocycles. The highest BCUT2D eigenvalue weighted by atomic mass is 32.5. The maximum atomic E-state index is 6.19. The number of hydrogen-bond acceptors (Lipinski definition) is 3. The molecular weight excluding hydrogens is 349 g/mol.